The van der Waals surface area contributed by atoms with Crippen molar-refractivity contribution in [2.75, 3.05) is 12.9 Å². The zero-order chi connectivity index (χ0) is 26.6. The summed E-state index contributed by atoms with van der Waals surface area (Å²) < 4.78 is 18.0. The number of piperidine rings is 1. The Balaban J connectivity index is 2.23. The number of likely N-dealkylation sites (tertiary alicyclic amines) is 1. The lowest BCUT2D eigenvalue weighted by atomic mass is 9.67. The normalized spacial score (nSPS) is 24.0. The Kier molecular flexibility index (Phi) is 9.64. The molecule has 8 heteroatoms. The van der Waals surface area contributed by atoms with E-state index in [2.05, 4.69) is 0 Å². The van der Waals surface area contributed by atoms with E-state index in [0.717, 1.165) is 11.1 Å². The van der Waals surface area contributed by atoms with Crippen molar-refractivity contribution in [1.82, 2.24) is 4.90 Å². The number of nitrogens with zero attached hydrogens (tertiary/aromatic N) is 1. The van der Waals surface area contributed by atoms with Crippen LogP contribution in [0.5, 0.6) is 0 Å². The first-order valence-corrected chi connectivity index (χ1v) is 14.4. The Morgan fingerprint density at radius 1 is 1.14 bits per heavy atom. The summed E-state index contributed by atoms with van der Waals surface area (Å²) >= 11 is 12.6. The first kappa shape index (κ1) is 28.7. The molecule has 1 heterocycles. The number of hydrogen-bond donors (Lipinski definition) is 0. The molecule has 3 rings (SSSR count). The van der Waals surface area contributed by atoms with Gasteiger partial charge in [-0.25, -0.2) is 0 Å². The number of carbonyl (C=O) groups is 2. The molecule has 0 aliphatic carbocycles. The minimum absolute atomic E-state index is 0.0295. The molecule has 0 N–H and O–H groups in total. The van der Waals surface area contributed by atoms with Crippen LogP contribution in [0.3, 0.4) is 0 Å². The molecule has 1 aliphatic rings. The predicted molar refractivity (Wildman–Crippen MR) is 147 cm³/mol. The Labute approximate surface area is 226 Å². The second-order valence-corrected chi connectivity index (χ2v) is 13.0. The molecular formula is C28H35Cl2NO4S. The highest BCUT2D eigenvalue weighted by Gasteiger charge is 2.52. The molecule has 2 unspecified atom stereocenters. The van der Waals surface area contributed by atoms with Crippen molar-refractivity contribution in [3.8, 4) is 0 Å². The molecule has 5 nitrogen and oxygen atoms in total. The number of benzene rings is 2. The van der Waals surface area contributed by atoms with Crippen molar-refractivity contribution in [2.45, 2.75) is 70.2 Å². The van der Waals surface area contributed by atoms with Gasteiger partial charge in [0.25, 0.3) is 0 Å². The molecular weight excluding hydrogens is 517 g/mol. The van der Waals surface area contributed by atoms with Gasteiger partial charge in [0.2, 0.25) is 5.91 Å². The smallest absolute Gasteiger partial charge is 0.306 e. The molecule has 2 aromatic rings. The van der Waals surface area contributed by atoms with Gasteiger partial charge in [-0.1, -0.05) is 75.2 Å². The number of esters is 1. The lowest BCUT2D eigenvalue weighted by molar-refractivity contribution is -0.161. The molecule has 1 aliphatic heterocycles. The van der Waals surface area contributed by atoms with Gasteiger partial charge in [-0.2, -0.15) is 0 Å². The summed E-state index contributed by atoms with van der Waals surface area (Å²) in [7, 11) is 0.218. The van der Waals surface area contributed by atoms with Crippen LogP contribution in [0.4, 0.5) is 0 Å². The fourth-order valence-corrected chi connectivity index (χ4v) is 6.60. The van der Waals surface area contributed by atoms with Crippen molar-refractivity contribution < 1.29 is 18.5 Å². The van der Waals surface area contributed by atoms with Crippen LogP contribution in [0.1, 0.15) is 70.0 Å². The molecule has 5 atom stereocenters. The summed E-state index contributed by atoms with van der Waals surface area (Å²) in [4.78, 5) is 28.7. The van der Waals surface area contributed by atoms with Gasteiger partial charge in [0, 0.05) is 43.8 Å². The third-order valence-corrected chi connectivity index (χ3v) is 9.35. The van der Waals surface area contributed by atoms with Crippen LogP contribution in [0.2, 0.25) is 10.0 Å². The zero-order valence-corrected chi connectivity index (χ0v) is 23.8. The molecule has 2 aromatic carbocycles. The van der Waals surface area contributed by atoms with E-state index in [-0.39, 0.29) is 35.6 Å². The number of hydrogen-bond acceptors (Lipinski definition) is 4. The molecule has 36 heavy (non-hydrogen) atoms. The van der Waals surface area contributed by atoms with E-state index < -0.39 is 22.2 Å². The number of methoxy groups -OCH3 is 1. The van der Waals surface area contributed by atoms with Gasteiger partial charge in [0.15, 0.2) is 0 Å². The number of halogens is 2. The van der Waals surface area contributed by atoms with E-state index in [1.165, 1.54) is 7.11 Å². The fraction of sp³-hybridized carbons (Fsp3) is 0.500. The summed E-state index contributed by atoms with van der Waals surface area (Å²) in [6.45, 7) is 7.69. The van der Waals surface area contributed by atoms with E-state index in [1.807, 2.05) is 81.1 Å². The summed E-state index contributed by atoms with van der Waals surface area (Å²) in [5.41, 5.74) is 0.929. The number of rotatable bonds is 9. The Morgan fingerprint density at radius 3 is 2.36 bits per heavy atom. The van der Waals surface area contributed by atoms with Gasteiger partial charge in [-0.15, -0.1) is 0 Å². The van der Waals surface area contributed by atoms with Gasteiger partial charge in [0.05, 0.1) is 25.0 Å². The standard InChI is InChI=1S/C28H35Cl2NO4S/c1-6-23(17-36(34)18(2)3)31-26(19-10-12-21(29)13-11-19)24(20-8-7-9-22(30)14-20)15-28(4,27(31)33)16-25(32)35-5/h7-14,18,23-24,26H,6,15-17H2,1-5H3/t23?,24?,26-,28-,36-/m1/s1. The Morgan fingerprint density at radius 2 is 1.81 bits per heavy atom. The number of ether oxygens (including phenoxy) is 1. The maximum Gasteiger partial charge on any atom is 0.306 e. The lowest BCUT2D eigenvalue weighted by Crippen LogP contribution is -2.57. The Hall–Kier alpha value is -1.89. The van der Waals surface area contributed by atoms with E-state index in [4.69, 9.17) is 27.9 Å². The average molecular weight is 553 g/mol. The average Bonchev–Trinajstić information content (AvgIpc) is 2.84. The van der Waals surface area contributed by atoms with Crippen LogP contribution < -0.4 is 0 Å². The zero-order valence-electron chi connectivity index (χ0n) is 21.5. The summed E-state index contributed by atoms with van der Waals surface area (Å²) in [5.74, 6) is -0.350. The molecule has 0 bridgehead atoms. The van der Waals surface area contributed by atoms with E-state index >= 15 is 0 Å². The van der Waals surface area contributed by atoms with Crippen molar-refractivity contribution in [3.63, 3.8) is 0 Å². The molecule has 0 spiro atoms. The largest absolute Gasteiger partial charge is 0.469 e. The number of amides is 1. The second-order valence-electron chi connectivity index (χ2n) is 10.0. The summed E-state index contributed by atoms with van der Waals surface area (Å²) in [6.07, 6.45) is 1.03. The van der Waals surface area contributed by atoms with Crippen LogP contribution in [-0.2, 0) is 25.1 Å². The molecule has 1 amide bonds. The first-order chi connectivity index (χ1) is 17.0. The minimum Gasteiger partial charge on any atom is -0.469 e. The van der Waals surface area contributed by atoms with Crippen molar-refractivity contribution in [2.24, 2.45) is 5.41 Å². The maximum atomic E-state index is 14.3. The highest BCUT2D eigenvalue weighted by atomic mass is 35.5. The molecule has 0 aromatic heterocycles. The first-order valence-electron chi connectivity index (χ1n) is 12.3. The maximum absolute atomic E-state index is 14.3. The highest BCUT2D eigenvalue weighted by molar-refractivity contribution is 7.85. The predicted octanol–water partition coefficient (Wildman–Crippen LogP) is 6.56. The Bertz CT molecular complexity index is 1110. The van der Waals surface area contributed by atoms with Crippen molar-refractivity contribution in [1.29, 1.82) is 0 Å². The van der Waals surface area contributed by atoms with Gasteiger partial charge in [0.1, 0.15) is 0 Å². The lowest BCUT2D eigenvalue weighted by Gasteiger charge is -2.52. The monoisotopic (exact) mass is 551 g/mol. The third kappa shape index (κ3) is 6.32. The topological polar surface area (TPSA) is 63.7 Å². The third-order valence-electron chi connectivity index (χ3n) is 7.10. The van der Waals surface area contributed by atoms with Crippen molar-refractivity contribution in [3.05, 3.63) is 69.7 Å². The van der Waals surface area contributed by atoms with E-state index in [9.17, 15) is 13.8 Å². The van der Waals surface area contributed by atoms with Crippen LogP contribution >= 0.6 is 23.2 Å². The van der Waals surface area contributed by atoms with E-state index in [0.29, 0.717) is 28.6 Å². The summed E-state index contributed by atoms with van der Waals surface area (Å²) in [5, 5.41) is 1.18. The van der Waals surface area contributed by atoms with Crippen LogP contribution in [0, 0.1) is 5.41 Å². The van der Waals surface area contributed by atoms with Gasteiger partial charge < -0.3 is 9.64 Å². The van der Waals surface area contributed by atoms with Crippen molar-refractivity contribution >= 4 is 45.9 Å². The van der Waals surface area contributed by atoms with Crippen LogP contribution in [0.25, 0.3) is 0 Å². The van der Waals surface area contributed by atoms with Crippen LogP contribution in [-0.4, -0.2) is 45.1 Å². The molecule has 0 saturated carbocycles. The fourth-order valence-electron chi connectivity index (χ4n) is 5.11. The SMILES string of the molecule is CCC(C[S@@](=O)C(C)C)N1C(=O)[C@@](C)(CC(=O)OC)CC(c2cccc(Cl)c2)[C@H]1c1ccc(Cl)cc1. The van der Waals surface area contributed by atoms with Crippen LogP contribution in [0.15, 0.2) is 48.5 Å². The molecule has 1 saturated heterocycles. The molecule has 196 valence electrons. The highest BCUT2D eigenvalue weighted by Crippen LogP contribution is 2.52. The van der Waals surface area contributed by atoms with E-state index in [1.54, 1.807) is 0 Å². The molecule has 0 radical (unpaired) electrons. The van der Waals surface area contributed by atoms with Gasteiger partial charge in [-0.05, 0) is 48.2 Å². The van der Waals surface area contributed by atoms with Gasteiger partial charge in [-0.3, -0.25) is 13.8 Å². The number of carbonyl (C=O) groups excluding carboxylic acids is 2. The second kappa shape index (κ2) is 12.1. The molecule has 1 fully saturated rings. The quantitative estimate of drug-likeness (QED) is 0.331. The minimum atomic E-state index is -1.12. The van der Waals surface area contributed by atoms with Gasteiger partial charge >= 0.3 is 5.97 Å². The summed E-state index contributed by atoms with van der Waals surface area (Å²) in [6, 6.07) is 14.6.